The number of hydrogen-bond donors (Lipinski definition) is 1. The van der Waals surface area contributed by atoms with Gasteiger partial charge in [-0.2, -0.15) is 10.4 Å². The van der Waals surface area contributed by atoms with Gasteiger partial charge in [-0.25, -0.2) is 0 Å². The van der Waals surface area contributed by atoms with E-state index in [2.05, 4.69) is 21.5 Å². The van der Waals surface area contributed by atoms with Crippen LogP contribution >= 0.6 is 11.6 Å². The summed E-state index contributed by atoms with van der Waals surface area (Å²) in [5.74, 6) is 0.729. The van der Waals surface area contributed by atoms with Gasteiger partial charge in [0.25, 0.3) is 0 Å². The number of aromatic nitrogens is 3. The van der Waals surface area contributed by atoms with Gasteiger partial charge in [-0.1, -0.05) is 11.6 Å². The zero-order chi connectivity index (χ0) is 19.5. The zero-order valence-corrected chi connectivity index (χ0v) is 16.1. The molecule has 6 nitrogen and oxygen atoms in total. The van der Waals surface area contributed by atoms with E-state index in [0.717, 1.165) is 46.2 Å². The van der Waals surface area contributed by atoms with Crippen LogP contribution in [0, 0.1) is 11.3 Å². The molecule has 1 N–H and O–H groups in total. The molecule has 0 aliphatic heterocycles. The number of pyridine rings is 1. The number of ether oxygens (including phenoxy) is 1. The number of nitrogens with one attached hydrogen (secondary N) is 1. The highest BCUT2D eigenvalue weighted by atomic mass is 35.5. The Kier molecular flexibility index (Phi) is 5.00. The summed E-state index contributed by atoms with van der Waals surface area (Å²) in [6, 6.07) is 13.6. The molecule has 0 atom stereocenters. The highest BCUT2D eigenvalue weighted by Crippen LogP contribution is 2.29. The minimum Gasteiger partial charge on any atom is -0.497 e. The van der Waals surface area contributed by atoms with E-state index in [9.17, 15) is 5.26 Å². The van der Waals surface area contributed by atoms with Crippen LogP contribution in [0.1, 0.15) is 12.0 Å². The molecule has 0 unspecified atom stereocenters. The number of anilines is 1. The molecule has 0 aliphatic rings. The van der Waals surface area contributed by atoms with E-state index in [1.54, 1.807) is 13.3 Å². The van der Waals surface area contributed by atoms with Crippen LogP contribution in [0.5, 0.6) is 5.75 Å². The molecule has 0 bridgehead atoms. The molecule has 140 valence electrons. The molecule has 4 aromatic rings. The van der Waals surface area contributed by atoms with Crippen LogP contribution in [0.2, 0.25) is 5.02 Å². The Bertz CT molecular complexity index is 1190. The molecular weight excluding hydrogens is 374 g/mol. The van der Waals surface area contributed by atoms with E-state index >= 15 is 0 Å². The van der Waals surface area contributed by atoms with Crippen LogP contribution in [0.3, 0.4) is 0 Å². The van der Waals surface area contributed by atoms with Crippen molar-refractivity contribution in [3.8, 4) is 11.8 Å². The third kappa shape index (κ3) is 3.45. The molecule has 2 aromatic heterocycles. The lowest BCUT2D eigenvalue weighted by Crippen LogP contribution is -2.09. The van der Waals surface area contributed by atoms with Gasteiger partial charge < -0.3 is 10.1 Å². The van der Waals surface area contributed by atoms with Crippen LogP contribution < -0.4 is 10.1 Å². The zero-order valence-electron chi connectivity index (χ0n) is 15.3. The molecule has 2 heterocycles. The number of rotatable bonds is 6. The average molecular weight is 392 g/mol. The average Bonchev–Trinajstić information content (AvgIpc) is 3.12. The first-order valence-electron chi connectivity index (χ1n) is 8.91. The Labute approximate surface area is 167 Å². The van der Waals surface area contributed by atoms with Gasteiger partial charge in [0.1, 0.15) is 11.8 Å². The summed E-state index contributed by atoms with van der Waals surface area (Å²) in [6.45, 7) is 1.43. The second kappa shape index (κ2) is 7.75. The Morgan fingerprint density at radius 1 is 1.21 bits per heavy atom. The molecular formula is C21H18ClN5O. The number of nitrogens with zero attached hydrogens (tertiary/aromatic N) is 4. The minimum atomic E-state index is 0.511. The Hall–Kier alpha value is -3.30. The molecule has 0 spiro atoms. The maximum absolute atomic E-state index is 9.47. The molecule has 4 rings (SSSR count). The standard InChI is InChI=1S/C21H18ClN5O/c1-28-17-5-6-19-18(10-17)21(15(11-23)12-25-19)24-7-2-8-27-20-9-16(22)4-3-14(20)13-26-27/h3-6,9-10,12-13H,2,7-8H2,1H3,(H,24,25). The number of hydrogen-bond acceptors (Lipinski definition) is 5. The van der Waals surface area contributed by atoms with E-state index in [1.165, 1.54) is 0 Å². The monoisotopic (exact) mass is 391 g/mol. The van der Waals surface area contributed by atoms with Crippen molar-refractivity contribution >= 4 is 39.1 Å². The van der Waals surface area contributed by atoms with Gasteiger partial charge in [0.15, 0.2) is 0 Å². The summed E-state index contributed by atoms with van der Waals surface area (Å²) in [5.41, 5.74) is 3.12. The van der Waals surface area contributed by atoms with Crippen LogP contribution in [-0.2, 0) is 6.54 Å². The molecule has 0 radical (unpaired) electrons. The summed E-state index contributed by atoms with van der Waals surface area (Å²) in [5, 5.41) is 19.9. The van der Waals surface area contributed by atoms with E-state index in [0.29, 0.717) is 17.1 Å². The van der Waals surface area contributed by atoms with Gasteiger partial charge in [-0.05, 0) is 42.8 Å². The van der Waals surface area contributed by atoms with Crippen molar-refractivity contribution in [1.29, 1.82) is 5.26 Å². The Morgan fingerprint density at radius 2 is 2.11 bits per heavy atom. The van der Waals surface area contributed by atoms with Gasteiger partial charge in [-0.15, -0.1) is 0 Å². The van der Waals surface area contributed by atoms with Crippen molar-refractivity contribution in [3.05, 3.63) is 59.4 Å². The summed E-state index contributed by atoms with van der Waals surface area (Å²) in [6.07, 6.45) is 4.28. The molecule has 0 saturated carbocycles. The number of aryl methyl sites for hydroxylation is 1. The lowest BCUT2D eigenvalue weighted by Gasteiger charge is -2.12. The van der Waals surface area contributed by atoms with Gasteiger partial charge in [-0.3, -0.25) is 9.67 Å². The first kappa shape index (κ1) is 18.1. The highest BCUT2D eigenvalue weighted by Gasteiger charge is 2.10. The summed E-state index contributed by atoms with van der Waals surface area (Å²) >= 11 is 6.10. The molecule has 28 heavy (non-hydrogen) atoms. The Balaban J connectivity index is 1.52. The number of halogens is 1. The maximum atomic E-state index is 9.47. The van der Waals surface area contributed by atoms with Crippen LogP contribution in [0.25, 0.3) is 21.8 Å². The van der Waals surface area contributed by atoms with Crippen molar-refractivity contribution in [2.45, 2.75) is 13.0 Å². The fraction of sp³-hybridized carbons (Fsp3) is 0.190. The third-order valence-corrected chi connectivity index (χ3v) is 4.89. The third-order valence-electron chi connectivity index (χ3n) is 4.65. The first-order valence-corrected chi connectivity index (χ1v) is 9.29. The largest absolute Gasteiger partial charge is 0.497 e. The number of nitriles is 1. The normalized spacial score (nSPS) is 10.9. The molecule has 0 amide bonds. The highest BCUT2D eigenvalue weighted by molar-refractivity contribution is 6.31. The lowest BCUT2D eigenvalue weighted by atomic mass is 10.1. The van der Waals surface area contributed by atoms with E-state index in [4.69, 9.17) is 16.3 Å². The van der Waals surface area contributed by atoms with Crippen molar-refractivity contribution in [1.82, 2.24) is 14.8 Å². The molecule has 0 aliphatic carbocycles. The fourth-order valence-electron chi connectivity index (χ4n) is 3.24. The second-order valence-electron chi connectivity index (χ2n) is 6.39. The van der Waals surface area contributed by atoms with Crippen molar-refractivity contribution < 1.29 is 4.74 Å². The van der Waals surface area contributed by atoms with Crippen LogP contribution in [0.4, 0.5) is 5.69 Å². The smallest absolute Gasteiger partial charge is 0.119 e. The van der Waals surface area contributed by atoms with E-state index in [1.807, 2.05) is 47.3 Å². The molecule has 0 saturated heterocycles. The number of fused-ring (bicyclic) bond motifs is 2. The Morgan fingerprint density at radius 3 is 2.93 bits per heavy atom. The van der Waals surface area contributed by atoms with E-state index < -0.39 is 0 Å². The maximum Gasteiger partial charge on any atom is 0.119 e. The second-order valence-corrected chi connectivity index (χ2v) is 6.83. The van der Waals surface area contributed by atoms with Crippen LogP contribution in [-0.4, -0.2) is 28.4 Å². The minimum absolute atomic E-state index is 0.511. The fourth-order valence-corrected chi connectivity index (χ4v) is 3.40. The van der Waals surface area contributed by atoms with Crippen LogP contribution in [0.15, 0.2) is 48.8 Å². The SMILES string of the molecule is COc1ccc2ncc(C#N)c(NCCCn3ncc4ccc(Cl)cc43)c2c1. The van der Waals surface area contributed by atoms with Crippen molar-refractivity contribution in [2.75, 3.05) is 19.0 Å². The first-order chi connectivity index (χ1) is 13.7. The van der Waals surface area contributed by atoms with Gasteiger partial charge in [0, 0.05) is 35.1 Å². The predicted molar refractivity (Wildman–Crippen MR) is 111 cm³/mol. The molecule has 7 heteroatoms. The molecule has 0 fully saturated rings. The summed E-state index contributed by atoms with van der Waals surface area (Å²) in [4.78, 5) is 4.35. The van der Waals surface area contributed by atoms with E-state index in [-0.39, 0.29) is 0 Å². The summed E-state index contributed by atoms with van der Waals surface area (Å²) in [7, 11) is 1.62. The van der Waals surface area contributed by atoms with Crippen molar-refractivity contribution in [3.63, 3.8) is 0 Å². The quantitative estimate of drug-likeness (QED) is 0.485. The summed E-state index contributed by atoms with van der Waals surface area (Å²) < 4.78 is 7.26. The van der Waals surface area contributed by atoms with Gasteiger partial charge in [0.05, 0.1) is 35.6 Å². The van der Waals surface area contributed by atoms with Crippen molar-refractivity contribution in [2.24, 2.45) is 0 Å². The number of methoxy groups -OCH3 is 1. The van der Waals surface area contributed by atoms with Gasteiger partial charge in [0.2, 0.25) is 0 Å². The topological polar surface area (TPSA) is 75.8 Å². The van der Waals surface area contributed by atoms with Gasteiger partial charge >= 0.3 is 0 Å². The molecule has 2 aromatic carbocycles. The lowest BCUT2D eigenvalue weighted by molar-refractivity contribution is 0.415. The predicted octanol–water partition coefficient (Wildman–Crippen LogP) is 4.62. The number of benzene rings is 2.